The number of benzene rings is 3. The smallest absolute Gasteiger partial charge is 0.264 e. The van der Waals surface area contributed by atoms with Gasteiger partial charge >= 0.3 is 0 Å². The first-order chi connectivity index (χ1) is 19.0. The van der Waals surface area contributed by atoms with Crippen molar-refractivity contribution in [3.63, 3.8) is 0 Å². The van der Waals surface area contributed by atoms with Crippen molar-refractivity contribution in [1.82, 2.24) is 10.2 Å². The van der Waals surface area contributed by atoms with Gasteiger partial charge in [-0.25, -0.2) is 12.8 Å². The molecule has 3 rings (SSSR count). The molecule has 0 saturated heterocycles. The Morgan fingerprint density at radius 2 is 1.55 bits per heavy atom. The Bertz CT molecular complexity index is 1380. The summed E-state index contributed by atoms with van der Waals surface area (Å²) in [5.41, 5.74) is 1.59. The molecule has 0 saturated carbocycles. The number of aryl methyl sites for hydroxylation is 1. The average molecular weight is 568 g/mol. The van der Waals surface area contributed by atoms with Crippen LogP contribution in [0.15, 0.2) is 83.8 Å². The van der Waals surface area contributed by atoms with Gasteiger partial charge in [-0.15, -0.1) is 0 Å². The van der Waals surface area contributed by atoms with Crippen LogP contribution in [-0.2, 0) is 26.0 Å². The maximum Gasteiger partial charge on any atom is 0.264 e. The van der Waals surface area contributed by atoms with Gasteiger partial charge in [-0.2, -0.15) is 0 Å². The lowest BCUT2D eigenvalue weighted by Gasteiger charge is -2.33. The van der Waals surface area contributed by atoms with E-state index in [2.05, 4.69) is 5.32 Å². The van der Waals surface area contributed by atoms with Crippen LogP contribution in [0.4, 0.5) is 10.1 Å². The van der Waals surface area contributed by atoms with Crippen LogP contribution in [0.2, 0.25) is 0 Å². The largest absolute Gasteiger partial charge is 0.354 e. The van der Waals surface area contributed by atoms with Crippen LogP contribution in [0.3, 0.4) is 0 Å². The van der Waals surface area contributed by atoms with Crippen LogP contribution in [0, 0.1) is 18.7 Å². The van der Waals surface area contributed by atoms with E-state index in [-0.39, 0.29) is 29.0 Å². The minimum atomic E-state index is -4.32. The van der Waals surface area contributed by atoms with Crippen molar-refractivity contribution >= 4 is 27.5 Å². The van der Waals surface area contributed by atoms with Gasteiger partial charge in [0.25, 0.3) is 10.0 Å². The molecule has 3 aromatic carbocycles. The van der Waals surface area contributed by atoms with Gasteiger partial charge in [0.1, 0.15) is 18.4 Å². The molecule has 0 unspecified atom stereocenters. The molecule has 0 aliphatic rings. The SMILES string of the molecule is CC[C@H](C(=O)NCC(C)C)N(CCc1ccccc1)C(=O)CN(c1ccccc1F)S(=O)(=O)c1ccc(C)cc1. The third-order valence-corrected chi connectivity index (χ3v) is 8.34. The van der Waals surface area contributed by atoms with Gasteiger partial charge in [0.05, 0.1) is 10.6 Å². The van der Waals surface area contributed by atoms with Gasteiger partial charge in [-0.05, 0) is 55.5 Å². The van der Waals surface area contributed by atoms with E-state index in [9.17, 15) is 18.0 Å². The van der Waals surface area contributed by atoms with Crippen molar-refractivity contribution in [2.75, 3.05) is 23.9 Å². The topological polar surface area (TPSA) is 86.8 Å². The fourth-order valence-corrected chi connectivity index (χ4v) is 5.75. The molecular weight excluding hydrogens is 529 g/mol. The molecule has 7 nitrogen and oxygen atoms in total. The normalized spacial score (nSPS) is 12.2. The summed E-state index contributed by atoms with van der Waals surface area (Å²) in [7, 11) is -4.32. The lowest BCUT2D eigenvalue weighted by molar-refractivity contribution is -0.139. The maximum atomic E-state index is 15.0. The number of halogens is 1. The van der Waals surface area contributed by atoms with Crippen molar-refractivity contribution < 1.29 is 22.4 Å². The second kappa shape index (κ2) is 14.1. The summed E-state index contributed by atoms with van der Waals surface area (Å²) in [6, 6.07) is 20.3. The van der Waals surface area contributed by atoms with E-state index in [0.717, 1.165) is 21.5 Å². The van der Waals surface area contributed by atoms with Crippen LogP contribution >= 0.6 is 0 Å². The lowest BCUT2D eigenvalue weighted by Crippen LogP contribution is -2.53. The molecule has 1 N–H and O–H groups in total. The van der Waals surface area contributed by atoms with Crippen LogP contribution in [0.5, 0.6) is 0 Å². The van der Waals surface area contributed by atoms with Crippen LogP contribution < -0.4 is 9.62 Å². The summed E-state index contributed by atoms with van der Waals surface area (Å²) < 4.78 is 43.4. The molecule has 0 radical (unpaired) electrons. The monoisotopic (exact) mass is 567 g/mol. The van der Waals surface area contributed by atoms with Crippen LogP contribution in [0.25, 0.3) is 0 Å². The van der Waals surface area contributed by atoms with Crippen LogP contribution in [0.1, 0.15) is 38.3 Å². The van der Waals surface area contributed by atoms with Crippen molar-refractivity contribution in [3.05, 3.63) is 95.8 Å². The second-order valence-electron chi connectivity index (χ2n) is 10.2. The predicted molar refractivity (Wildman–Crippen MR) is 156 cm³/mol. The summed E-state index contributed by atoms with van der Waals surface area (Å²) in [4.78, 5) is 28.5. The lowest BCUT2D eigenvalue weighted by atomic mass is 10.1. The molecule has 0 aliphatic heterocycles. The van der Waals surface area contributed by atoms with E-state index in [1.807, 2.05) is 51.1 Å². The van der Waals surface area contributed by atoms with Gasteiger partial charge in [-0.1, -0.05) is 80.9 Å². The number of sulfonamides is 1. The number of nitrogens with one attached hydrogen (secondary N) is 1. The molecule has 1 atom stereocenters. The Morgan fingerprint density at radius 3 is 2.15 bits per heavy atom. The number of nitrogens with zero attached hydrogens (tertiary/aromatic N) is 2. The van der Waals surface area contributed by atoms with Crippen LogP contribution in [-0.4, -0.2) is 50.8 Å². The van der Waals surface area contributed by atoms with E-state index in [1.54, 1.807) is 19.1 Å². The number of rotatable bonds is 13. The molecule has 0 heterocycles. The Labute approximate surface area is 237 Å². The maximum absolute atomic E-state index is 15.0. The average Bonchev–Trinajstić information content (AvgIpc) is 2.93. The molecule has 2 amide bonds. The Hall–Kier alpha value is -3.72. The van der Waals surface area contributed by atoms with Crippen molar-refractivity contribution in [2.45, 2.75) is 51.5 Å². The molecule has 214 valence electrons. The molecule has 40 heavy (non-hydrogen) atoms. The zero-order chi connectivity index (χ0) is 29.3. The summed E-state index contributed by atoms with van der Waals surface area (Å²) in [6.45, 7) is 7.54. The fraction of sp³-hybridized carbons (Fsp3) is 0.355. The number of hydrogen-bond donors (Lipinski definition) is 1. The van der Waals surface area contributed by atoms with Gasteiger partial charge in [0.2, 0.25) is 11.8 Å². The third kappa shape index (κ3) is 7.91. The van der Waals surface area contributed by atoms with Crippen molar-refractivity contribution in [1.29, 1.82) is 0 Å². The highest BCUT2D eigenvalue weighted by atomic mass is 32.2. The highest BCUT2D eigenvalue weighted by molar-refractivity contribution is 7.92. The summed E-state index contributed by atoms with van der Waals surface area (Å²) in [6.07, 6.45) is 0.791. The first-order valence-corrected chi connectivity index (χ1v) is 14.9. The highest BCUT2D eigenvalue weighted by Crippen LogP contribution is 2.27. The summed E-state index contributed by atoms with van der Waals surface area (Å²) in [5, 5.41) is 2.90. The van der Waals surface area contributed by atoms with E-state index in [4.69, 9.17) is 0 Å². The fourth-order valence-electron chi connectivity index (χ4n) is 4.32. The Kier molecular flexibility index (Phi) is 10.8. The second-order valence-corrected chi connectivity index (χ2v) is 12.0. The number of hydrogen-bond acceptors (Lipinski definition) is 4. The summed E-state index contributed by atoms with van der Waals surface area (Å²) in [5.74, 6) is -1.47. The van der Waals surface area contributed by atoms with E-state index in [1.165, 1.54) is 35.2 Å². The number of amides is 2. The molecule has 0 spiro atoms. The minimum Gasteiger partial charge on any atom is -0.354 e. The van der Waals surface area contributed by atoms with E-state index >= 15 is 4.39 Å². The zero-order valence-electron chi connectivity index (χ0n) is 23.5. The van der Waals surface area contributed by atoms with Gasteiger partial charge in [-0.3, -0.25) is 13.9 Å². The summed E-state index contributed by atoms with van der Waals surface area (Å²) >= 11 is 0. The van der Waals surface area contributed by atoms with Gasteiger partial charge < -0.3 is 10.2 Å². The molecule has 0 fully saturated rings. The molecular formula is C31H38FN3O4S. The standard InChI is InChI=1S/C31H38FN3O4S/c1-5-28(31(37)33-21-23(2)3)34(20-19-25-11-7-6-8-12-25)30(36)22-35(29-14-10-9-13-27(29)32)40(38,39)26-17-15-24(4)16-18-26/h6-18,23,28H,5,19-22H2,1-4H3,(H,33,37)/t28-/m1/s1. The number of carbonyl (C=O) groups is 2. The van der Waals surface area contributed by atoms with Gasteiger partial charge in [0, 0.05) is 13.1 Å². The molecule has 3 aromatic rings. The van der Waals surface area contributed by atoms with Gasteiger partial charge in [0.15, 0.2) is 0 Å². The van der Waals surface area contributed by atoms with E-state index < -0.39 is 34.3 Å². The Balaban J connectivity index is 2.00. The number of para-hydroxylation sites is 1. The number of carbonyl (C=O) groups excluding carboxylic acids is 2. The molecule has 0 aromatic heterocycles. The Morgan fingerprint density at radius 1 is 0.925 bits per heavy atom. The molecule has 0 bridgehead atoms. The first kappa shape index (κ1) is 30.8. The van der Waals surface area contributed by atoms with Crippen molar-refractivity contribution in [2.24, 2.45) is 5.92 Å². The minimum absolute atomic E-state index is 0.0632. The molecule has 9 heteroatoms. The van der Waals surface area contributed by atoms with E-state index in [0.29, 0.717) is 19.4 Å². The number of anilines is 1. The molecule has 0 aliphatic carbocycles. The van der Waals surface area contributed by atoms with Crippen molar-refractivity contribution in [3.8, 4) is 0 Å². The third-order valence-electron chi connectivity index (χ3n) is 6.56. The highest BCUT2D eigenvalue weighted by Gasteiger charge is 2.34. The zero-order valence-corrected chi connectivity index (χ0v) is 24.3. The predicted octanol–water partition coefficient (Wildman–Crippen LogP) is 4.95. The quantitative estimate of drug-likeness (QED) is 0.317. The first-order valence-electron chi connectivity index (χ1n) is 13.5.